The van der Waals surface area contributed by atoms with Crippen LogP contribution in [0.1, 0.15) is 45.2 Å². The van der Waals surface area contributed by atoms with Gasteiger partial charge in [-0.2, -0.15) is 0 Å². The molecule has 7 N–H and O–H groups in total. The van der Waals surface area contributed by atoms with Crippen LogP contribution in [0.3, 0.4) is 0 Å². The Morgan fingerprint density at radius 3 is 2.60 bits per heavy atom. The van der Waals surface area contributed by atoms with E-state index in [9.17, 15) is 4.79 Å². The van der Waals surface area contributed by atoms with E-state index >= 15 is 0 Å². The van der Waals surface area contributed by atoms with Crippen molar-refractivity contribution in [2.45, 2.75) is 45.8 Å². The van der Waals surface area contributed by atoms with Gasteiger partial charge in [-0.1, -0.05) is 32.9 Å². The van der Waals surface area contributed by atoms with Crippen molar-refractivity contribution in [3.8, 4) is 0 Å². The van der Waals surface area contributed by atoms with Gasteiger partial charge in [0.05, 0.1) is 5.69 Å². The Bertz CT molecular complexity index is 838. The van der Waals surface area contributed by atoms with E-state index in [1.165, 1.54) is 5.56 Å². The molecule has 0 saturated heterocycles. The summed E-state index contributed by atoms with van der Waals surface area (Å²) in [5, 5.41) is 9.92. The number of aliphatic imine (C=N–C) groups is 1. The van der Waals surface area contributed by atoms with Crippen LogP contribution in [0.2, 0.25) is 0 Å². The first-order valence-electron chi connectivity index (χ1n) is 10.6. The van der Waals surface area contributed by atoms with Crippen molar-refractivity contribution in [3.05, 3.63) is 53.4 Å². The minimum Gasteiger partial charge on any atom is -0.370 e. The topological polar surface area (TPSA) is 121 Å². The minimum atomic E-state index is -0.131. The van der Waals surface area contributed by atoms with Gasteiger partial charge >= 0.3 is 6.03 Å². The van der Waals surface area contributed by atoms with E-state index in [-0.39, 0.29) is 24.2 Å². The number of fused-ring (bicyclic) bond motifs is 1. The Kier molecular flexibility index (Phi) is 6.99. The summed E-state index contributed by atoms with van der Waals surface area (Å²) in [5.41, 5.74) is 15.0. The molecule has 0 aliphatic carbocycles. The Morgan fingerprint density at radius 1 is 1.23 bits per heavy atom. The summed E-state index contributed by atoms with van der Waals surface area (Å²) >= 11 is 0. The third-order valence-electron chi connectivity index (χ3n) is 5.34. The second kappa shape index (κ2) is 9.67. The van der Waals surface area contributed by atoms with E-state index in [1.54, 1.807) is 4.90 Å². The SMILES string of the molecule is CCC1=CC2=CN(c3ccc(C(NCCCN=C(N)N)C(C)C)cc3)C(=O)NC2N1. The Labute approximate surface area is 178 Å². The number of nitrogens with zero attached hydrogens (tertiary/aromatic N) is 2. The number of allylic oxidation sites excluding steroid dienone is 1. The van der Waals surface area contributed by atoms with Crippen molar-refractivity contribution >= 4 is 17.7 Å². The zero-order chi connectivity index (χ0) is 21.7. The van der Waals surface area contributed by atoms with Gasteiger partial charge in [0.15, 0.2) is 5.96 Å². The molecule has 2 amide bonds. The zero-order valence-electron chi connectivity index (χ0n) is 18.0. The van der Waals surface area contributed by atoms with Gasteiger partial charge in [0, 0.05) is 30.1 Å². The number of carbonyl (C=O) groups is 1. The van der Waals surface area contributed by atoms with Crippen molar-refractivity contribution in [2.24, 2.45) is 22.4 Å². The van der Waals surface area contributed by atoms with E-state index in [0.717, 1.165) is 36.3 Å². The summed E-state index contributed by atoms with van der Waals surface area (Å²) in [6.07, 6.45) is 5.66. The van der Waals surface area contributed by atoms with E-state index in [4.69, 9.17) is 11.5 Å². The summed E-state index contributed by atoms with van der Waals surface area (Å²) in [5.74, 6) is 0.547. The summed E-state index contributed by atoms with van der Waals surface area (Å²) < 4.78 is 0. The largest absolute Gasteiger partial charge is 0.370 e. The lowest BCUT2D eigenvalue weighted by Gasteiger charge is -2.29. The molecule has 0 bridgehead atoms. The smallest absolute Gasteiger partial charge is 0.327 e. The van der Waals surface area contributed by atoms with Gasteiger partial charge in [0.2, 0.25) is 0 Å². The Hall–Kier alpha value is -3.00. The summed E-state index contributed by atoms with van der Waals surface area (Å²) in [7, 11) is 0. The van der Waals surface area contributed by atoms with Crippen LogP contribution >= 0.6 is 0 Å². The molecule has 1 aromatic carbocycles. The quantitative estimate of drug-likeness (QED) is 0.242. The monoisotopic (exact) mass is 411 g/mol. The molecule has 30 heavy (non-hydrogen) atoms. The van der Waals surface area contributed by atoms with E-state index in [2.05, 4.69) is 59.9 Å². The fraction of sp³-hybridized carbons (Fsp3) is 0.455. The maximum atomic E-state index is 12.6. The molecule has 0 spiro atoms. The molecule has 8 nitrogen and oxygen atoms in total. The summed E-state index contributed by atoms with van der Waals surface area (Å²) in [4.78, 5) is 18.3. The molecule has 2 heterocycles. The van der Waals surface area contributed by atoms with Crippen LogP contribution < -0.4 is 32.3 Å². The second-order valence-electron chi connectivity index (χ2n) is 7.98. The first-order valence-corrected chi connectivity index (χ1v) is 10.6. The van der Waals surface area contributed by atoms with Crippen LogP contribution in [0.25, 0.3) is 0 Å². The first-order chi connectivity index (χ1) is 14.4. The molecule has 0 saturated carbocycles. The van der Waals surface area contributed by atoms with Gasteiger partial charge in [0.25, 0.3) is 0 Å². The zero-order valence-corrected chi connectivity index (χ0v) is 18.0. The number of nitrogens with one attached hydrogen (secondary N) is 3. The number of rotatable bonds is 9. The number of guanidine groups is 1. The van der Waals surface area contributed by atoms with E-state index < -0.39 is 0 Å². The normalized spacial score (nSPS) is 18.9. The molecule has 0 fully saturated rings. The maximum absolute atomic E-state index is 12.6. The van der Waals surface area contributed by atoms with Crippen LogP contribution in [0, 0.1) is 5.92 Å². The van der Waals surface area contributed by atoms with Crippen LogP contribution in [0.15, 0.2) is 52.8 Å². The average molecular weight is 412 g/mol. The van der Waals surface area contributed by atoms with Crippen molar-refractivity contribution in [1.82, 2.24) is 16.0 Å². The molecule has 2 aliphatic heterocycles. The van der Waals surface area contributed by atoms with Crippen molar-refractivity contribution in [3.63, 3.8) is 0 Å². The maximum Gasteiger partial charge on any atom is 0.327 e. The number of amides is 2. The number of anilines is 1. The molecule has 3 rings (SSSR count). The molecule has 2 unspecified atom stereocenters. The lowest BCUT2D eigenvalue weighted by molar-refractivity contribution is 0.243. The number of hydrogen-bond acceptors (Lipinski definition) is 4. The lowest BCUT2D eigenvalue weighted by Crippen LogP contribution is -2.51. The molecule has 8 heteroatoms. The predicted molar refractivity (Wildman–Crippen MR) is 122 cm³/mol. The molecule has 162 valence electrons. The molecule has 0 radical (unpaired) electrons. The van der Waals surface area contributed by atoms with E-state index in [0.29, 0.717) is 12.5 Å². The van der Waals surface area contributed by atoms with E-state index in [1.807, 2.05) is 18.3 Å². The standard InChI is InChI=1S/C22H33N7O/c1-4-17-12-16-13-29(22(30)28-20(16)27-17)18-8-6-15(7-9-18)19(14(2)3)25-10-5-11-26-21(23)24/h6-9,12-14,19-20,25,27H,4-5,10-11H2,1-3H3,(H,28,30)(H4,23,24,26). The number of benzene rings is 1. The minimum absolute atomic E-state index is 0.128. The van der Waals surface area contributed by atoms with Crippen LogP contribution in [-0.4, -0.2) is 31.2 Å². The highest BCUT2D eigenvalue weighted by molar-refractivity contribution is 5.96. The molecule has 2 aliphatic rings. The van der Waals surface area contributed by atoms with Gasteiger partial charge in [0.1, 0.15) is 6.17 Å². The summed E-state index contributed by atoms with van der Waals surface area (Å²) in [6.45, 7) is 7.91. The third-order valence-corrected chi connectivity index (χ3v) is 5.34. The van der Waals surface area contributed by atoms with Crippen LogP contribution in [0.5, 0.6) is 0 Å². The molecular formula is C22H33N7O. The van der Waals surface area contributed by atoms with Gasteiger partial charge < -0.3 is 27.4 Å². The number of hydrogen-bond donors (Lipinski definition) is 5. The fourth-order valence-electron chi connectivity index (χ4n) is 3.75. The van der Waals surface area contributed by atoms with Gasteiger partial charge in [-0.3, -0.25) is 9.89 Å². The second-order valence-corrected chi connectivity index (χ2v) is 7.98. The number of carbonyl (C=O) groups excluding carboxylic acids is 1. The lowest BCUT2D eigenvalue weighted by atomic mass is 9.95. The third kappa shape index (κ3) is 5.13. The highest BCUT2D eigenvalue weighted by atomic mass is 16.2. The van der Waals surface area contributed by atoms with Crippen molar-refractivity contribution in [2.75, 3.05) is 18.0 Å². The van der Waals surface area contributed by atoms with Crippen LogP contribution in [0.4, 0.5) is 10.5 Å². The highest BCUT2D eigenvalue weighted by Crippen LogP contribution is 2.28. The average Bonchev–Trinajstić information content (AvgIpc) is 3.11. The summed E-state index contributed by atoms with van der Waals surface area (Å²) in [6, 6.07) is 8.24. The molecule has 1 aromatic rings. The highest BCUT2D eigenvalue weighted by Gasteiger charge is 2.30. The van der Waals surface area contributed by atoms with Crippen molar-refractivity contribution < 1.29 is 4.79 Å². The fourth-order valence-corrected chi connectivity index (χ4v) is 3.75. The predicted octanol–water partition coefficient (Wildman–Crippen LogP) is 2.27. The van der Waals surface area contributed by atoms with Gasteiger partial charge in [-0.25, -0.2) is 4.79 Å². The van der Waals surface area contributed by atoms with Crippen LogP contribution in [-0.2, 0) is 0 Å². The molecule has 0 aromatic heterocycles. The van der Waals surface area contributed by atoms with Crippen molar-refractivity contribution in [1.29, 1.82) is 0 Å². The number of urea groups is 1. The molecule has 2 atom stereocenters. The first kappa shape index (κ1) is 21.7. The Balaban J connectivity index is 1.68. The van der Waals surface area contributed by atoms with Gasteiger partial charge in [-0.15, -0.1) is 0 Å². The molecular weight excluding hydrogens is 378 g/mol. The Morgan fingerprint density at radius 2 is 1.97 bits per heavy atom. The number of nitrogens with two attached hydrogens (primary N) is 2. The van der Waals surface area contributed by atoms with Gasteiger partial charge in [-0.05, 0) is 49.1 Å².